The molecule has 2 N–H and O–H groups in total. The molecule has 0 saturated carbocycles. The Labute approximate surface area is 171 Å². The SMILES string of the molecule is CCN(CC)CCn1c(NC(=O)c2[nH]c(C)c(C(C)=O)c2C)nc2ccccc21. The van der Waals surface area contributed by atoms with Crippen LogP contribution in [0.3, 0.4) is 0 Å². The summed E-state index contributed by atoms with van der Waals surface area (Å²) in [4.78, 5) is 34.9. The highest BCUT2D eigenvalue weighted by Gasteiger charge is 2.22. The predicted octanol–water partition coefficient (Wildman–Crippen LogP) is 3.78. The van der Waals surface area contributed by atoms with Gasteiger partial charge in [-0.15, -0.1) is 0 Å². The number of benzene rings is 1. The van der Waals surface area contributed by atoms with Crippen LogP contribution in [0.4, 0.5) is 5.95 Å². The molecule has 0 radical (unpaired) electrons. The minimum atomic E-state index is -0.294. The molecule has 0 unspecified atom stereocenters. The number of aromatic nitrogens is 3. The van der Waals surface area contributed by atoms with Crippen molar-refractivity contribution in [3.63, 3.8) is 0 Å². The molecule has 7 heteroatoms. The molecule has 154 valence electrons. The number of aromatic amines is 1. The number of fused-ring (bicyclic) bond motifs is 1. The number of nitrogens with one attached hydrogen (secondary N) is 2. The average Bonchev–Trinajstić information content (AvgIpc) is 3.19. The monoisotopic (exact) mass is 395 g/mol. The number of hydrogen-bond acceptors (Lipinski definition) is 4. The fourth-order valence-corrected chi connectivity index (χ4v) is 3.85. The van der Waals surface area contributed by atoms with E-state index >= 15 is 0 Å². The summed E-state index contributed by atoms with van der Waals surface area (Å²) in [5.41, 5.74) is 4.17. The number of anilines is 1. The number of amides is 1. The number of Topliss-reactive ketones (excluding diaryl/α,β-unsaturated/α-hetero) is 1. The molecule has 0 aliphatic carbocycles. The second kappa shape index (κ2) is 8.61. The van der Waals surface area contributed by atoms with E-state index in [0.717, 1.165) is 37.2 Å². The lowest BCUT2D eigenvalue weighted by molar-refractivity contribution is 0.101. The quantitative estimate of drug-likeness (QED) is 0.569. The summed E-state index contributed by atoms with van der Waals surface area (Å²) in [6, 6.07) is 7.86. The second-order valence-corrected chi connectivity index (χ2v) is 7.24. The summed E-state index contributed by atoms with van der Waals surface area (Å²) >= 11 is 0. The average molecular weight is 396 g/mol. The Morgan fingerprint density at radius 2 is 1.86 bits per heavy atom. The van der Waals surface area contributed by atoms with E-state index in [4.69, 9.17) is 0 Å². The molecule has 7 nitrogen and oxygen atoms in total. The second-order valence-electron chi connectivity index (χ2n) is 7.24. The number of rotatable bonds is 8. The molecule has 0 atom stereocenters. The molecule has 1 amide bonds. The molecular formula is C22H29N5O2. The number of carbonyl (C=O) groups is 2. The lowest BCUT2D eigenvalue weighted by atomic mass is 10.1. The van der Waals surface area contributed by atoms with Crippen molar-refractivity contribution in [2.45, 2.75) is 41.2 Å². The van der Waals surface area contributed by atoms with Crippen LogP contribution in [0.15, 0.2) is 24.3 Å². The first-order valence-corrected chi connectivity index (χ1v) is 10.1. The highest BCUT2D eigenvalue weighted by Crippen LogP contribution is 2.22. The van der Waals surface area contributed by atoms with Crippen LogP contribution in [0.2, 0.25) is 0 Å². The maximum absolute atomic E-state index is 13.0. The van der Waals surface area contributed by atoms with Crippen LogP contribution < -0.4 is 5.32 Å². The van der Waals surface area contributed by atoms with Gasteiger partial charge in [0.05, 0.1) is 11.0 Å². The Morgan fingerprint density at radius 3 is 2.48 bits per heavy atom. The maximum Gasteiger partial charge on any atom is 0.274 e. The Kier molecular flexibility index (Phi) is 6.17. The summed E-state index contributed by atoms with van der Waals surface area (Å²) in [5, 5.41) is 2.95. The van der Waals surface area contributed by atoms with Crippen molar-refractivity contribution >= 4 is 28.7 Å². The van der Waals surface area contributed by atoms with E-state index in [1.807, 2.05) is 28.8 Å². The number of carbonyl (C=O) groups excluding carboxylic acids is 2. The van der Waals surface area contributed by atoms with Crippen LogP contribution in [0.5, 0.6) is 0 Å². The molecule has 1 aromatic carbocycles. The van der Waals surface area contributed by atoms with Crippen LogP contribution >= 0.6 is 0 Å². The van der Waals surface area contributed by atoms with Crippen LogP contribution in [-0.2, 0) is 6.54 Å². The molecule has 3 aromatic rings. The number of nitrogens with zero attached hydrogens (tertiary/aromatic N) is 3. The topological polar surface area (TPSA) is 83.0 Å². The van der Waals surface area contributed by atoms with Crippen molar-refractivity contribution in [3.8, 4) is 0 Å². The van der Waals surface area contributed by atoms with Gasteiger partial charge in [0.2, 0.25) is 5.95 Å². The fraction of sp³-hybridized carbons (Fsp3) is 0.409. The first-order chi connectivity index (χ1) is 13.9. The van der Waals surface area contributed by atoms with Crippen LogP contribution in [0.1, 0.15) is 52.9 Å². The lowest BCUT2D eigenvalue weighted by Crippen LogP contribution is -2.28. The van der Waals surface area contributed by atoms with E-state index in [0.29, 0.717) is 28.5 Å². The fourth-order valence-electron chi connectivity index (χ4n) is 3.85. The molecule has 0 aliphatic heterocycles. The smallest absolute Gasteiger partial charge is 0.274 e. The van der Waals surface area contributed by atoms with Gasteiger partial charge in [0.15, 0.2) is 5.78 Å². The van der Waals surface area contributed by atoms with Crippen LogP contribution in [-0.4, -0.2) is 50.8 Å². The van der Waals surface area contributed by atoms with Gasteiger partial charge in [-0.1, -0.05) is 26.0 Å². The maximum atomic E-state index is 13.0. The Balaban J connectivity index is 1.93. The van der Waals surface area contributed by atoms with Gasteiger partial charge in [-0.3, -0.25) is 14.9 Å². The van der Waals surface area contributed by atoms with Crippen molar-refractivity contribution < 1.29 is 9.59 Å². The summed E-state index contributed by atoms with van der Waals surface area (Å²) in [6.45, 7) is 12.9. The Morgan fingerprint density at radius 1 is 1.17 bits per heavy atom. The number of likely N-dealkylation sites (N-methyl/N-ethyl adjacent to an activating group) is 1. The largest absolute Gasteiger partial charge is 0.354 e. The zero-order chi connectivity index (χ0) is 21.1. The molecule has 2 heterocycles. The third-order valence-electron chi connectivity index (χ3n) is 5.43. The van der Waals surface area contributed by atoms with Crippen molar-refractivity contribution in [1.29, 1.82) is 0 Å². The number of imidazole rings is 1. The van der Waals surface area contributed by atoms with E-state index in [1.54, 1.807) is 13.8 Å². The van der Waals surface area contributed by atoms with Gasteiger partial charge in [-0.25, -0.2) is 4.98 Å². The summed E-state index contributed by atoms with van der Waals surface area (Å²) in [6.07, 6.45) is 0. The number of ketones is 1. The molecule has 2 aromatic heterocycles. The molecule has 0 aliphatic rings. The highest BCUT2D eigenvalue weighted by atomic mass is 16.2. The highest BCUT2D eigenvalue weighted by molar-refractivity contribution is 6.07. The van der Waals surface area contributed by atoms with Crippen LogP contribution in [0, 0.1) is 13.8 Å². The van der Waals surface area contributed by atoms with Crippen molar-refractivity contribution in [1.82, 2.24) is 19.4 Å². The normalized spacial score (nSPS) is 11.4. The van der Waals surface area contributed by atoms with Gasteiger partial charge in [0.25, 0.3) is 5.91 Å². The number of para-hydroxylation sites is 2. The molecule has 3 rings (SSSR count). The Hall–Kier alpha value is -2.93. The van der Waals surface area contributed by atoms with E-state index in [-0.39, 0.29) is 11.7 Å². The standard InChI is InChI=1S/C22H29N5O2/c1-6-26(7-2)12-13-27-18-11-9-8-10-17(18)24-22(27)25-21(29)20-14(3)19(16(5)28)15(4)23-20/h8-11,23H,6-7,12-13H2,1-5H3,(H,24,25,29). The van der Waals surface area contributed by atoms with Gasteiger partial charge in [-0.05, 0) is 51.6 Å². The third kappa shape index (κ3) is 4.10. The minimum Gasteiger partial charge on any atom is -0.354 e. The Bertz CT molecular complexity index is 1040. The van der Waals surface area contributed by atoms with Gasteiger partial charge >= 0.3 is 0 Å². The predicted molar refractivity (Wildman–Crippen MR) is 116 cm³/mol. The molecule has 0 bridgehead atoms. The first-order valence-electron chi connectivity index (χ1n) is 10.1. The van der Waals surface area contributed by atoms with Gasteiger partial charge in [-0.2, -0.15) is 0 Å². The van der Waals surface area contributed by atoms with Gasteiger partial charge in [0, 0.05) is 24.3 Å². The summed E-state index contributed by atoms with van der Waals surface area (Å²) in [7, 11) is 0. The number of H-pyrrole nitrogens is 1. The summed E-state index contributed by atoms with van der Waals surface area (Å²) < 4.78 is 2.04. The first kappa shape index (κ1) is 20.8. The lowest BCUT2D eigenvalue weighted by Gasteiger charge is -2.19. The van der Waals surface area contributed by atoms with E-state index in [2.05, 4.69) is 34.0 Å². The molecule has 29 heavy (non-hydrogen) atoms. The minimum absolute atomic E-state index is 0.0539. The zero-order valence-electron chi connectivity index (χ0n) is 17.8. The van der Waals surface area contributed by atoms with Crippen LogP contribution in [0.25, 0.3) is 11.0 Å². The number of aryl methyl sites for hydroxylation is 1. The van der Waals surface area contributed by atoms with Crippen molar-refractivity contribution in [2.75, 3.05) is 25.0 Å². The molecule has 0 fully saturated rings. The van der Waals surface area contributed by atoms with E-state index in [1.165, 1.54) is 6.92 Å². The number of hydrogen-bond donors (Lipinski definition) is 2. The van der Waals surface area contributed by atoms with E-state index < -0.39 is 0 Å². The zero-order valence-corrected chi connectivity index (χ0v) is 17.8. The molecular weight excluding hydrogens is 366 g/mol. The molecule has 0 spiro atoms. The van der Waals surface area contributed by atoms with Gasteiger partial charge < -0.3 is 14.5 Å². The van der Waals surface area contributed by atoms with Crippen molar-refractivity contribution in [3.05, 3.63) is 46.8 Å². The summed E-state index contributed by atoms with van der Waals surface area (Å²) in [5.74, 6) is 0.165. The van der Waals surface area contributed by atoms with Crippen molar-refractivity contribution in [2.24, 2.45) is 0 Å². The van der Waals surface area contributed by atoms with Gasteiger partial charge in [0.1, 0.15) is 5.69 Å². The third-order valence-corrected chi connectivity index (χ3v) is 5.43. The molecule has 0 saturated heterocycles. The van der Waals surface area contributed by atoms with E-state index in [9.17, 15) is 9.59 Å².